The Morgan fingerprint density at radius 1 is 1.03 bits per heavy atom. The number of anilines is 1. The lowest BCUT2D eigenvalue weighted by Crippen LogP contribution is -2.38. The summed E-state index contributed by atoms with van der Waals surface area (Å²) in [5, 5.41) is 0. The zero-order valence-corrected chi connectivity index (χ0v) is 18.3. The predicted octanol–water partition coefficient (Wildman–Crippen LogP) is 3.66. The minimum atomic E-state index is -0.293. The van der Waals surface area contributed by atoms with E-state index in [1.165, 1.54) is 0 Å². The molecule has 1 unspecified atom stereocenters. The molecule has 164 valence electrons. The summed E-state index contributed by atoms with van der Waals surface area (Å²) in [4.78, 5) is 29.0. The minimum absolute atomic E-state index is 0.0132. The third-order valence-electron chi connectivity index (χ3n) is 6.26. The van der Waals surface area contributed by atoms with E-state index in [-0.39, 0.29) is 23.9 Å². The molecule has 0 aromatic heterocycles. The monoisotopic (exact) mass is 422 g/mol. The van der Waals surface area contributed by atoms with Gasteiger partial charge in [-0.1, -0.05) is 36.4 Å². The number of amides is 1. The van der Waals surface area contributed by atoms with Gasteiger partial charge in [-0.15, -0.1) is 0 Å². The smallest absolute Gasteiger partial charge is 0.309 e. The van der Waals surface area contributed by atoms with Crippen LogP contribution in [0, 0.1) is 5.92 Å². The molecular formula is C25H30N2O4. The number of hydrogen-bond donors (Lipinski definition) is 0. The Kier molecular flexibility index (Phi) is 6.68. The van der Waals surface area contributed by atoms with Gasteiger partial charge in [0.05, 0.1) is 19.1 Å². The first-order valence-corrected chi connectivity index (χ1v) is 11.1. The molecule has 1 amide bonds. The molecule has 2 aromatic rings. The van der Waals surface area contributed by atoms with E-state index in [0.717, 1.165) is 49.3 Å². The molecule has 6 nitrogen and oxygen atoms in total. The van der Waals surface area contributed by atoms with E-state index in [4.69, 9.17) is 9.47 Å². The van der Waals surface area contributed by atoms with Crippen molar-refractivity contribution in [2.24, 2.45) is 5.92 Å². The van der Waals surface area contributed by atoms with E-state index in [9.17, 15) is 9.59 Å². The molecule has 2 aromatic carbocycles. The summed E-state index contributed by atoms with van der Waals surface area (Å²) in [6, 6.07) is 15.6. The van der Waals surface area contributed by atoms with Crippen molar-refractivity contribution in [1.29, 1.82) is 0 Å². The Morgan fingerprint density at radius 2 is 1.71 bits per heavy atom. The second-order valence-corrected chi connectivity index (χ2v) is 8.13. The van der Waals surface area contributed by atoms with Crippen LogP contribution in [0.15, 0.2) is 48.5 Å². The first-order chi connectivity index (χ1) is 15.1. The van der Waals surface area contributed by atoms with Crippen LogP contribution in [0.3, 0.4) is 0 Å². The van der Waals surface area contributed by atoms with Crippen LogP contribution in [0.4, 0.5) is 5.69 Å². The average molecular weight is 423 g/mol. The van der Waals surface area contributed by atoms with Gasteiger partial charge in [-0.25, -0.2) is 0 Å². The van der Waals surface area contributed by atoms with Crippen molar-refractivity contribution >= 4 is 17.6 Å². The van der Waals surface area contributed by atoms with Crippen LogP contribution >= 0.6 is 0 Å². The number of likely N-dealkylation sites (tertiary alicyclic amines) is 1. The number of piperidine rings is 1. The van der Waals surface area contributed by atoms with Gasteiger partial charge in [-0.2, -0.15) is 0 Å². The molecule has 1 atom stereocenters. The number of para-hydroxylation sites is 1. The molecule has 0 bridgehead atoms. The van der Waals surface area contributed by atoms with Crippen molar-refractivity contribution in [2.45, 2.75) is 25.9 Å². The Morgan fingerprint density at radius 3 is 2.45 bits per heavy atom. The highest BCUT2D eigenvalue weighted by atomic mass is 16.5. The van der Waals surface area contributed by atoms with Crippen molar-refractivity contribution in [3.63, 3.8) is 0 Å². The van der Waals surface area contributed by atoms with E-state index >= 15 is 0 Å². The summed E-state index contributed by atoms with van der Waals surface area (Å²) in [5.41, 5.74) is 3.47. The molecule has 0 radical (unpaired) electrons. The lowest BCUT2D eigenvalue weighted by molar-refractivity contribution is -0.149. The van der Waals surface area contributed by atoms with Gasteiger partial charge in [0.1, 0.15) is 6.10 Å². The highest BCUT2D eigenvalue weighted by Gasteiger charge is 2.31. The highest BCUT2D eigenvalue weighted by molar-refractivity contribution is 6.08. The number of rotatable bonds is 6. The third-order valence-corrected chi connectivity index (χ3v) is 6.26. The van der Waals surface area contributed by atoms with E-state index in [1.54, 1.807) is 4.90 Å². The van der Waals surface area contributed by atoms with Crippen LogP contribution in [0.1, 0.15) is 47.4 Å². The molecule has 0 aliphatic carbocycles. The van der Waals surface area contributed by atoms with Crippen molar-refractivity contribution in [1.82, 2.24) is 4.90 Å². The van der Waals surface area contributed by atoms with Crippen LogP contribution < -0.4 is 4.90 Å². The largest absolute Gasteiger partial charge is 0.466 e. The molecule has 2 aliphatic rings. The number of carbonyl (C=O) groups excluding carboxylic acids is 2. The maximum atomic E-state index is 13.0. The second kappa shape index (κ2) is 9.62. The Labute approximate surface area is 183 Å². The molecule has 0 spiro atoms. The van der Waals surface area contributed by atoms with Gasteiger partial charge in [-0.05, 0) is 50.6 Å². The number of esters is 1. The number of carbonyl (C=O) groups is 2. The first-order valence-electron chi connectivity index (χ1n) is 11.1. The van der Waals surface area contributed by atoms with E-state index in [0.29, 0.717) is 18.8 Å². The molecule has 1 saturated heterocycles. The van der Waals surface area contributed by atoms with Gasteiger partial charge < -0.3 is 19.3 Å². The van der Waals surface area contributed by atoms with E-state index in [2.05, 4.69) is 4.90 Å². The van der Waals surface area contributed by atoms with Crippen molar-refractivity contribution in [3.05, 3.63) is 65.2 Å². The Balaban J connectivity index is 1.44. The Hall–Kier alpha value is -2.70. The Bertz CT molecular complexity index is 937. The number of fused-ring (bicyclic) bond motifs is 2. The summed E-state index contributed by atoms with van der Waals surface area (Å²) < 4.78 is 11.6. The normalized spacial score (nSPS) is 19.5. The molecule has 0 N–H and O–H groups in total. The fraction of sp³-hybridized carbons (Fsp3) is 0.440. The predicted molar refractivity (Wildman–Crippen MR) is 119 cm³/mol. The van der Waals surface area contributed by atoms with Crippen molar-refractivity contribution in [3.8, 4) is 0 Å². The van der Waals surface area contributed by atoms with Crippen LogP contribution in [-0.2, 0) is 14.3 Å². The topological polar surface area (TPSA) is 59.1 Å². The molecular weight excluding hydrogens is 392 g/mol. The number of ether oxygens (including phenoxy) is 2. The van der Waals surface area contributed by atoms with Gasteiger partial charge in [0.15, 0.2) is 0 Å². The van der Waals surface area contributed by atoms with Crippen LogP contribution in [0.25, 0.3) is 0 Å². The zero-order chi connectivity index (χ0) is 21.8. The summed E-state index contributed by atoms with van der Waals surface area (Å²) in [7, 11) is 1.81. The van der Waals surface area contributed by atoms with Gasteiger partial charge in [0, 0.05) is 30.4 Å². The van der Waals surface area contributed by atoms with E-state index in [1.807, 2.05) is 62.5 Å². The molecule has 2 aliphatic heterocycles. The standard InChI is InChI=1S/C25H30N2O4/c1-3-30-25(29)18-12-14-27(15-13-18)16-17-31-23-19-8-4-5-9-20(19)24(28)26(2)22-11-7-6-10-21(22)23/h4-11,18,23H,3,12-17H2,1-2H3. The number of benzene rings is 2. The van der Waals surface area contributed by atoms with Gasteiger partial charge in [-0.3, -0.25) is 9.59 Å². The third kappa shape index (κ3) is 4.50. The molecule has 31 heavy (non-hydrogen) atoms. The van der Waals surface area contributed by atoms with Gasteiger partial charge in [0.25, 0.3) is 5.91 Å². The first kappa shape index (κ1) is 21.5. The van der Waals surface area contributed by atoms with Crippen LogP contribution in [0.5, 0.6) is 0 Å². The fourth-order valence-corrected chi connectivity index (χ4v) is 4.52. The van der Waals surface area contributed by atoms with Crippen LogP contribution in [0.2, 0.25) is 0 Å². The second-order valence-electron chi connectivity index (χ2n) is 8.13. The highest BCUT2D eigenvalue weighted by Crippen LogP contribution is 2.38. The molecule has 6 heteroatoms. The summed E-state index contributed by atoms with van der Waals surface area (Å²) >= 11 is 0. The SMILES string of the molecule is CCOC(=O)C1CCN(CCOC2c3ccccc3C(=O)N(C)c3ccccc32)CC1. The lowest BCUT2D eigenvalue weighted by atomic mass is 9.97. The molecule has 4 rings (SSSR count). The number of nitrogens with zero attached hydrogens (tertiary/aromatic N) is 2. The summed E-state index contributed by atoms with van der Waals surface area (Å²) in [6.07, 6.45) is 1.36. The quantitative estimate of drug-likeness (QED) is 0.665. The van der Waals surface area contributed by atoms with Gasteiger partial charge >= 0.3 is 5.97 Å². The van der Waals surface area contributed by atoms with Crippen molar-refractivity contribution < 1.29 is 19.1 Å². The van der Waals surface area contributed by atoms with Crippen LogP contribution in [-0.4, -0.2) is 56.7 Å². The molecule has 1 fully saturated rings. The van der Waals surface area contributed by atoms with Gasteiger partial charge in [0.2, 0.25) is 0 Å². The minimum Gasteiger partial charge on any atom is -0.466 e. The lowest BCUT2D eigenvalue weighted by Gasteiger charge is -2.31. The summed E-state index contributed by atoms with van der Waals surface area (Å²) in [5.74, 6) is -0.0756. The van der Waals surface area contributed by atoms with E-state index < -0.39 is 0 Å². The van der Waals surface area contributed by atoms with Crippen molar-refractivity contribution in [2.75, 3.05) is 44.8 Å². The maximum absolute atomic E-state index is 13.0. The molecule has 0 saturated carbocycles. The molecule has 2 heterocycles. The maximum Gasteiger partial charge on any atom is 0.309 e. The fourth-order valence-electron chi connectivity index (χ4n) is 4.52. The zero-order valence-electron chi connectivity index (χ0n) is 18.3. The number of hydrogen-bond acceptors (Lipinski definition) is 5. The average Bonchev–Trinajstić information content (AvgIpc) is 2.89. The summed E-state index contributed by atoms with van der Waals surface area (Å²) in [6.45, 7) is 5.36.